The number of benzene rings is 1. The molecule has 1 N–H and O–H groups in total. The standard InChI is InChI=1S/C15H17NO3/c17-13(15(7-8-15)14(18)19)16-9-5-11-3-1-2-4-12(11)6-10-16/h1-4H,5-10H2,(H,18,19). The number of carboxylic acid groups (broad SMARTS) is 1. The highest BCUT2D eigenvalue weighted by atomic mass is 16.4. The summed E-state index contributed by atoms with van der Waals surface area (Å²) in [5.41, 5.74) is 1.45. The average molecular weight is 259 g/mol. The van der Waals surface area contributed by atoms with Gasteiger partial charge in [0.25, 0.3) is 0 Å². The molecule has 1 saturated carbocycles. The minimum absolute atomic E-state index is 0.187. The molecule has 1 aliphatic heterocycles. The van der Waals surface area contributed by atoms with Crippen LogP contribution in [0.25, 0.3) is 0 Å². The molecule has 0 unspecified atom stereocenters. The van der Waals surface area contributed by atoms with Gasteiger partial charge in [0.1, 0.15) is 5.41 Å². The highest BCUT2D eigenvalue weighted by Gasteiger charge is 2.58. The Bertz CT molecular complexity index is 507. The Morgan fingerprint density at radius 3 is 2.00 bits per heavy atom. The van der Waals surface area contributed by atoms with Crippen molar-refractivity contribution in [2.75, 3.05) is 13.1 Å². The number of carboxylic acids is 1. The summed E-state index contributed by atoms with van der Waals surface area (Å²) in [5.74, 6) is -1.15. The fraction of sp³-hybridized carbons (Fsp3) is 0.467. The molecule has 2 aliphatic rings. The molecule has 100 valence electrons. The summed E-state index contributed by atoms with van der Waals surface area (Å²) in [7, 11) is 0. The molecule has 3 rings (SSSR count). The van der Waals surface area contributed by atoms with E-state index >= 15 is 0 Å². The van der Waals surface area contributed by atoms with E-state index in [0.29, 0.717) is 25.9 Å². The van der Waals surface area contributed by atoms with Crippen LogP contribution < -0.4 is 0 Å². The average Bonchev–Trinajstić information content (AvgIpc) is 3.22. The lowest BCUT2D eigenvalue weighted by Gasteiger charge is -2.23. The Kier molecular flexibility index (Phi) is 2.81. The van der Waals surface area contributed by atoms with E-state index in [9.17, 15) is 14.7 Å². The summed E-state index contributed by atoms with van der Waals surface area (Å²) in [6.45, 7) is 1.26. The van der Waals surface area contributed by atoms with Gasteiger partial charge in [0, 0.05) is 13.1 Å². The summed E-state index contributed by atoms with van der Waals surface area (Å²) < 4.78 is 0. The van der Waals surface area contributed by atoms with E-state index in [4.69, 9.17) is 0 Å². The molecule has 1 fully saturated rings. The third-order valence-corrected chi connectivity index (χ3v) is 4.28. The number of amides is 1. The Morgan fingerprint density at radius 2 is 1.58 bits per heavy atom. The second kappa shape index (κ2) is 4.37. The summed E-state index contributed by atoms with van der Waals surface area (Å²) in [6.07, 6.45) is 2.62. The number of fused-ring (bicyclic) bond motifs is 1. The SMILES string of the molecule is O=C(O)C1(C(=O)N2CCc3ccccc3CC2)CC1. The topological polar surface area (TPSA) is 57.6 Å². The smallest absolute Gasteiger partial charge is 0.319 e. The van der Waals surface area contributed by atoms with Crippen molar-refractivity contribution in [2.45, 2.75) is 25.7 Å². The Labute approximate surface area is 112 Å². The predicted molar refractivity (Wildman–Crippen MR) is 69.7 cm³/mol. The highest BCUT2D eigenvalue weighted by Crippen LogP contribution is 2.47. The maximum Gasteiger partial charge on any atom is 0.319 e. The maximum atomic E-state index is 12.4. The molecule has 19 heavy (non-hydrogen) atoms. The molecule has 1 aliphatic carbocycles. The van der Waals surface area contributed by atoms with Gasteiger partial charge in [-0.2, -0.15) is 0 Å². The zero-order valence-corrected chi connectivity index (χ0v) is 10.8. The van der Waals surface area contributed by atoms with Gasteiger partial charge < -0.3 is 10.0 Å². The lowest BCUT2D eigenvalue weighted by atomic mass is 10.0. The minimum Gasteiger partial charge on any atom is -0.480 e. The second-order valence-corrected chi connectivity index (χ2v) is 5.45. The van der Waals surface area contributed by atoms with Crippen LogP contribution in [-0.4, -0.2) is 35.0 Å². The summed E-state index contributed by atoms with van der Waals surface area (Å²) in [4.78, 5) is 25.3. The van der Waals surface area contributed by atoms with Crippen molar-refractivity contribution in [3.8, 4) is 0 Å². The van der Waals surface area contributed by atoms with Crippen molar-refractivity contribution in [3.05, 3.63) is 35.4 Å². The molecule has 0 atom stereocenters. The van der Waals surface area contributed by atoms with Gasteiger partial charge in [-0.05, 0) is 36.8 Å². The molecule has 0 spiro atoms. The van der Waals surface area contributed by atoms with Crippen molar-refractivity contribution < 1.29 is 14.7 Å². The molecular formula is C15H17NO3. The van der Waals surface area contributed by atoms with Crippen LogP contribution in [0.2, 0.25) is 0 Å². The third-order valence-electron chi connectivity index (χ3n) is 4.28. The number of carbonyl (C=O) groups is 2. The zero-order chi connectivity index (χ0) is 13.5. The first-order chi connectivity index (χ1) is 9.13. The molecule has 0 radical (unpaired) electrons. The monoisotopic (exact) mass is 259 g/mol. The van der Waals surface area contributed by atoms with E-state index in [1.165, 1.54) is 11.1 Å². The van der Waals surface area contributed by atoms with Gasteiger partial charge in [-0.15, -0.1) is 0 Å². The number of hydrogen-bond donors (Lipinski definition) is 1. The van der Waals surface area contributed by atoms with Crippen molar-refractivity contribution in [3.63, 3.8) is 0 Å². The Hall–Kier alpha value is -1.84. The fourth-order valence-electron chi connectivity index (χ4n) is 2.82. The molecule has 0 aromatic heterocycles. The van der Waals surface area contributed by atoms with Gasteiger partial charge in [-0.25, -0.2) is 0 Å². The first kappa shape index (κ1) is 12.2. The molecule has 1 amide bonds. The van der Waals surface area contributed by atoms with Crippen LogP contribution in [0.5, 0.6) is 0 Å². The van der Waals surface area contributed by atoms with Crippen LogP contribution >= 0.6 is 0 Å². The van der Waals surface area contributed by atoms with Crippen molar-refractivity contribution in [1.82, 2.24) is 4.90 Å². The molecule has 1 heterocycles. The largest absolute Gasteiger partial charge is 0.480 e. The predicted octanol–water partition coefficient (Wildman–Crippen LogP) is 1.48. The van der Waals surface area contributed by atoms with E-state index in [-0.39, 0.29) is 5.91 Å². The quantitative estimate of drug-likeness (QED) is 0.818. The van der Waals surface area contributed by atoms with Crippen LogP contribution in [0.3, 0.4) is 0 Å². The maximum absolute atomic E-state index is 12.4. The molecular weight excluding hydrogens is 242 g/mol. The van der Waals surface area contributed by atoms with Gasteiger partial charge in [-0.3, -0.25) is 9.59 Å². The second-order valence-electron chi connectivity index (χ2n) is 5.45. The first-order valence-electron chi connectivity index (χ1n) is 6.73. The van der Waals surface area contributed by atoms with Crippen LogP contribution in [0.15, 0.2) is 24.3 Å². The number of nitrogens with zero attached hydrogens (tertiary/aromatic N) is 1. The zero-order valence-electron chi connectivity index (χ0n) is 10.8. The van der Waals surface area contributed by atoms with Crippen molar-refractivity contribution >= 4 is 11.9 Å². The molecule has 0 saturated heterocycles. The Morgan fingerprint density at radius 1 is 1.05 bits per heavy atom. The number of carbonyl (C=O) groups excluding carboxylic acids is 1. The van der Waals surface area contributed by atoms with Gasteiger partial charge in [0.05, 0.1) is 0 Å². The van der Waals surface area contributed by atoms with Gasteiger partial charge >= 0.3 is 5.97 Å². The molecule has 4 heteroatoms. The van der Waals surface area contributed by atoms with Gasteiger partial charge in [0.15, 0.2) is 0 Å². The lowest BCUT2D eigenvalue weighted by molar-refractivity contribution is -0.153. The minimum atomic E-state index is -1.10. The number of hydrogen-bond acceptors (Lipinski definition) is 2. The summed E-state index contributed by atoms with van der Waals surface area (Å²) in [6, 6.07) is 8.20. The normalized spacial score (nSPS) is 20.3. The lowest BCUT2D eigenvalue weighted by Crippen LogP contribution is -2.42. The number of rotatable bonds is 2. The summed E-state index contributed by atoms with van der Waals surface area (Å²) >= 11 is 0. The van der Waals surface area contributed by atoms with Crippen LogP contribution in [-0.2, 0) is 22.4 Å². The molecule has 0 bridgehead atoms. The highest BCUT2D eigenvalue weighted by molar-refractivity contribution is 6.04. The van der Waals surface area contributed by atoms with Crippen LogP contribution in [0.4, 0.5) is 0 Å². The third kappa shape index (κ3) is 2.01. The van der Waals surface area contributed by atoms with Crippen molar-refractivity contribution in [2.24, 2.45) is 5.41 Å². The van der Waals surface area contributed by atoms with E-state index in [2.05, 4.69) is 12.1 Å². The van der Waals surface area contributed by atoms with Gasteiger partial charge in [-0.1, -0.05) is 24.3 Å². The molecule has 4 nitrogen and oxygen atoms in total. The van der Waals surface area contributed by atoms with E-state index in [0.717, 1.165) is 12.8 Å². The fourth-order valence-corrected chi connectivity index (χ4v) is 2.82. The van der Waals surface area contributed by atoms with Crippen LogP contribution in [0, 0.1) is 5.41 Å². The summed E-state index contributed by atoms with van der Waals surface area (Å²) in [5, 5.41) is 9.20. The Balaban J connectivity index is 1.76. The number of aliphatic carboxylic acids is 1. The molecule has 1 aromatic rings. The molecule has 1 aromatic carbocycles. The van der Waals surface area contributed by atoms with E-state index in [1.54, 1.807) is 4.90 Å². The van der Waals surface area contributed by atoms with Gasteiger partial charge in [0.2, 0.25) is 5.91 Å². The van der Waals surface area contributed by atoms with E-state index < -0.39 is 11.4 Å². The van der Waals surface area contributed by atoms with Crippen molar-refractivity contribution in [1.29, 1.82) is 0 Å². The van der Waals surface area contributed by atoms with Crippen LogP contribution in [0.1, 0.15) is 24.0 Å². The van der Waals surface area contributed by atoms with E-state index in [1.807, 2.05) is 12.1 Å². The first-order valence-corrected chi connectivity index (χ1v) is 6.73.